The second-order valence-corrected chi connectivity index (χ2v) is 6.86. The van der Waals surface area contributed by atoms with Crippen LogP contribution in [0, 0.1) is 5.92 Å². The minimum absolute atomic E-state index is 0.389. The average molecular weight is 359 g/mol. The quantitative estimate of drug-likeness (QED) is 0.835. The smallest absolute Gasteiger partial charge is 0.410 e. The van der Waals surface area contributed by atoms with Gasteiger partial charge in [0.1, 0.15) is 11.3 Å². The number of tetrazole rings is 1. The molecule has 1 amide bonds. The first-order valence-electron chi connectivity index (χ1n) is 8.77. The third-order valence-corrected chi connectivity index (χ3v) is 5.38. The van der Waals surface area contributed by atoms with E-state index >= 15 is 0 Å². The van der Waals surface area contributed by atoms with E-state index in [1.54, 1.807) is 23.7 Å². The summed E-state index contributed by atoms with van der Waals surface area (Å²) in [4.78, 5) is 14.0. The molecule has 26 heavy (non-hydrogen) atoms. The molecule has 1 saturated carbocycles. The molecule has 1 aromatic carbocycles. The van der Waals surface area contributed by atoms with Crippen LogP contribution in [-0.2, 0) is 10.3 Å². The third kappa shape index (κ3) is 3.11. The predicted octanol–water partition coefficient (Wildman–Crippen LogP) is 2.77. The molecule has 3 rings (SSSR count). The molecule has 0 spiro atoms. The van der Waals surface area contributed by atoms with Crippen LogP contribution in [0.2, 0.25) is 0 Å². The minimum Gasteiger partial charge on any atom is -0.497 e. The number of nitrogens with zero attached hydrogens (tertiary/aromatic N) is 5. The molecule has 0 unspecified atom stereocenters. The summed E-state index contributed by atoms with van der Waals surface area (Å²) in [6, 6.07) is 7.54. The maximum atomic E-state index is 12.3. The van der Waals surface area contributed by atoms with Crippen molar-refractivity contribution in [1.82, 2.24) is 25.1 Å². The summed E-state index contributed by atoms with van der Waals surface area (Å²) < 4.78 is 12.0. The Morgan fingerprint density at radius 3 is 2.69 bits per heavy atom. The van der Waals surface area contributed by atoms with Crippen molar-refractivity contribution in [3.8, 4) is 11.4 Å². The first kappa shape index (κ1) is 18.2. The monoisotopic (exact) mass is 359 g/mol. The Kier molecular flexibility index (Phi) is 5.11. The number of hydrogen-bond acceptors (Lipinski definition) is 6. The molecule has 140 valence electrons. The summed E-state index contributed by atoms with van der Waals surface area (Å²) >= 11 is 0. The fraction of sp³-hybridized carbons (Fsp3) is 0.556. The molecule has 1 aliphatic carbocycles. The Balaban J connectivity index is 2.08. The zero-order valence-electron chi connectivity index (χ0n) is 15.7. The highest BCUT2D eigenvalue weighted by atomic mass is 16.5. The second-order valence-electron chi connectivity index (χ2n) is 6.86. The predicted molar refractivity (Wildman–Crippen MR) is 95.2 cm³/mol. The van der Waals surface area contributed by atoms with Gasteiger partial charge in [-0.25, -0.2) is 4.79 Å². The first-order valence-corrected chi connectivity index (χ1v) is 8.77. The minimum atomic E-state index is -0.605. The van der Waals surface area contributed by atoms with Gasteiger partial charge >= 0.3 is 6.09 Å². The van der Waals surface area contributed by atoms with E-state index in [9.17, 15) is 4.79 Å². The second kappa shape index (κ2) is 7.31. The lowest BCUT2D eigenvalue weighted by molar-refractivity contribution is 0.0383. The fourth-order valence-corrected chi connectivity index (χ4v) is 3.65. The topological polar surface area (TPSA) is 82.4 Å². The van der Waals surface area contributed by atoms with Gasteiger partial charge in [-0.15, -0.1) is 5.10 Å². The molecule has 0 aliphatic heterocycles. The molecular weight excluding hydrogens is 334 g/mol. The van der Waals surface area contributed by atoms with Crippen molar-refractivity contribution in [2.24, 2.45) is 5.92 Å². The molecule has 1 fully saturated rings. The van der Waals surface area contributed by atoms with Gasteiger partial charge in [0.05, 0.1) is 19.9 Å². The van der Waals surface area contributed by atoms with Crippen LogP contribution in [0.25, 0.3) is 5.69 Å². The lowest BCUT2D eigenvalue weighted by Gasteiger charge is -2.43. The van der Waals surface area contributed by atoms with Crippen molar-refractivity contribution in [1.29, 1.82) is 0 Å². The standard InChI is InChI=1S/C18H25N5O3/c1-13-8-10-18(11-9-13,22(2)17(24)26-4)16-19-20-21-23(16)14-6-5-7-15(12-14)25-3/h5-7,12-13H,8-11H2,1-4H3. The number of amides is 1. The van der Waals surface area contributed by atoms with Crippen LogP contribution in [-0.4, -0.2) is 52.5 Å². The Morgan fingerprint density at radius 1 is 1.31 bits per heavy atom. The first-order chi connectivity index (χ1) is 12.5. The van der Waals surface area contributed by atoms with Gasteiger partial charge in [-0.05, 0) is 54.2 Å². The summed E-state index contributed by atoms with van der Waals surface area (Å²) in [6.45, 7) is 2.23. The van der Waals surface area contributed by atoms with Gasteiger partial charge in [0.25, 0.3) is 0 Å². The van der Waals surface area contributed by atoms with Crippen LogP contribution in [0.4, 0.5) is 4.79 Å². The molecule has 0 bridgehead atoms. The number of ether oxygens (including phenoxy) is 2. The highest BCUT2D eigenvalue weighted by molar-refractivity contribution is 5.68. The van der Waals surface area contributed by atoms with Crippen molar-refractivity contribution < 1.29 is 14.3 Å². The molecule has 1 aromatic heterocycles. The van der Waals surface area contributed by atoms with Gasteiger partial charge in [0.2, 0.25) is 0 Å². The van der Waals surface area contributed by atoms with Gasteiger partial charge in [-0.3, -0.25) is 4.90 Å². The van der Waals surface area contributed by atoms with E-state index in [0.717, 1.165) is 37.1 Å². The van der Waals surface area contributed by atoms with Crippen LogP contribution in [0.5, 0.6) is 5.75 Å². The molecule has 0 saturated heterocycles. The highest BCUT2D eigenvalue weighted by Crippen LogP contribution is 2.43. The molecule has 0 radical (unpaired) electrons. The van der Waals surface area contributed by atoms with E-state index < -0.39 is 5.54 Å². The number of carbonyl (C=O) groups is 1. The normalized spacial score (nSPS) is 22.7. The number of carbonyl (C=O) groups excluding carboxylic acids is 1. The van der Waals surface area contributed by atoms with Gasteiger partial charge in [0.15, 0.2) is 5.82 Å². The summed E-state index contributed by atoms with van der Waals surface area (Å²) in [7, 11) is 4.77. The van der Waals surface area contributed by atoms with Crippen LogP contribution < -0.4 is 4.74 Å². The Morgan fingerprint density at radius 2 is 2.04 bits per heavy atom. The molecule has 0 N–H and O–H groups in total. The lowest BCUT2D eigenvalue weighted by Crippen LogP contribution is -2.50. The third-order valence-electron chi connectivity index (χ3n) is 5.38. The Bertz CT molecular complexity index is 768. The number of rotatable bonds is 4. The van der Waals surface area contributed by atoms with E-state index in [0.29, 0.717) is 11.7 Å². The highest BCUT2D eigenvalue weighted by Gasteiger charge is 2.46. The van der Waals surface area contributed by atoms with Crippen molar-refractivity contribution in [3.05, 3.63) is 30.1 Å². The number of methoxy groups -OCH3 is 2. The average Bonchev–Trinajstić information content (AvgIpc) is 3.18. The number of aromatic nitrogens is 4. The van der Waals surface area contributed by atoms with E-state index in [1.807, 2.05) is 24.3 Å². The zero-order chi connectivity index (χ0) is 18.7. The van der Waals surface area contributed by atoms with Crippen molar-refractivity contribution in [2.45, 2.75) is 38.1 Å². The number of benzene rings is 1. The SMILES string of the molecule is COC(=O)N(C)C1(c2nnnn2-c2cccc(OC)c2)CCC(C)CC1. The van der Waals surface area contributed by atoms with E-state index in [4.69, 9.17) is 9.47 Å². The largest absolute Gasteiger partial charge is 0.497 e. The van der Waals surface area contributed by atoms with Crippen LogP contribution in [0.3, 0.4) is 0 Å². The van der Waals surface area contributed by atoms with E-state index in [1.165, 1.54) is 7.11 Å². The van der Waals surface area contributed by atoms with Crippen molar-refractivity contribution in [2.75, 3.05) is 21.3 Å². The summed E-state index contributed by atoms with van der Waals surface area (Å²) in [6.07, 6.45) is 3.16. The molecule has 1 heterocycles. The fourth-order valence-electron chi connectivity index (χ4n) is 3.65. The van der Waals surface area contributed by atoms with Crippen LogP contribution in [0.15, 0.2) is 24.3 Å². The summed E-state index contributed by atoms with van der Waals surface area (Å²) in [5, 5.41) is 12.4. The van der Waals surface area contributed by atoms with Crippen molar-refractivity contribution in [3.63, 3.8) is 0 Å². The zero-order valence-corrected chi connectivity index (χ0v) is 15.7. The summed E-state index contributed by atoms with van der Waals surface area (Å²) in [5.74, 6) is 1.97. The maximum absolute atomic E-state index is 12.3. The lowest BCUT2D eigenvalue weighted by atomic mass is 9.75. The molecule has 0 atom stereocenters. The van der Waals surface area contributed by atoms with Crippen LogP contribution >= 0.6 is 0 Å². The van der Waals surface area contributed by atoms with Gasteiger partial charge < -0.3 is 9.47 Å². The van der Waals surface area contributed by atoms with Crippen molar-refractivity contribution >= 4 is 6.09 Å². The van der Waals surface area contributed by atoms with Gasteiger partial charge in [0, 0.05) is 13.1 Å². The molecule has 8 heteroatoms. The molecular formula is C18H25N5O3. The van der Waals surface area contributed by atoms with Crippen LogP contribution in [0.1, 0.15) is 38.4 Å². The van der Waals surface area contributed by atoms with Gasteiger partial charge in [-0.2, -0.15) is 4.68 Å². The summed E-state index contributed by atoms with van der Waals surface area (Å²) in [5.41, 5.74) is 0.187. The molecule has 1 aliphatic rings. The Hall–Kier alpha value is -2.64. The molecule has 2 aromatic rings. The number of hydrogen-bond donors (Lipinski definition) is 0. The van der Waals surface area contributed by atoms with E-state index in [-0.39, 0.29) is 6.09 Å². The van der Waals surface area contributed by atoms with E-state index in [2.05, 4.69) is 22.4 Å². The Labute approximate surface area is 153 Å². The maximum Gasteiger partial charge on any atom is 0.410 e. The molecule has 8 nitrogen and oxygen atoms in total. The van der Waals surface area contributed by atoms with Gasteiger partial charge in [-0.1, -0.05) is 13.0 Å².